The van der Waals surface area contributed by atoms with Crippen molar-refractivity contribution >= 4 is 28.5 Å². The van der Waals surface area contributed by atoms with Crippen molar-refractivity contribution < 1.29 is 19.5 Å². The number of nitrogens with one attached hydrogen (secondary N) is 3. The van der Waals surface area contributed by atoms with Crippen molar-refractivity contribution in [2.75, 3.05) is 19.6 Å². The molecule has 0 saturated carbocycles. The SMILES string of the molecule is CC(C)(C)C(=O)N1CCC[C@H]1C(=O)N[C@H](Cc1ccc2ccccc2c1)C(=O)NCCCNCc1ccc(O)cc1. The number of carbonyl (C=O) groups is 3. The van der Waals surface area contributed by atoms with Crippen LogP contribution < -0.4 is 16.0 Å². The molecule has 3 amide bonds. The van der Waals surface area contributed by atoms with Crippen LogP contribution in [0.5, 0.6) is 5.75 Å². The molecule has 1 saturated heterocycles. The third-order valence-electron chi connectivity index (χ3n) is 7.44. The van der Waals surface area contributed by atoms with Gasteiger partial charge in [0.1, 0.15) is 17.8 Å². The van der Waals surface area contributed by atoms with Gasteiger partial charge in [-0.05, 0) is 59.8 Å². The van der Waals surface area contributed by atoms with Gasteiger partial charge in [-0.15, -0.1) is 0 Å². The van der Waals surface area contributed by atoms with E-state index in [-0.39, 0.29) is 23.5 Å². The largest absolute Gasteiger partial charge is 0.508 e. The van der Waals surface area contributed by atoms with Crippen LogP contribution in [0.2, 0.25) is 0 Å². The summed E-state index contributed by atoms with van der Waals surface area (Å²) in [6.07, 6.45) is 2.42. The molecular weight excluding hydrogens is 516 g/mol. The van der Waals surface area contributed by atoms with Crippen LogP contribution in [0.3, 0.4) is 0 Å². The second kappa shape index (κ2) is 13.6. The molecule has 41 heavy (non-hydrogen) atoms. The minimum absolute atomic E-state index is 0.0505. The van der Waals surface area contributed by atoms with Gasteiger partial charge in [0.25, 0.3) is 0 Å². The first-order valence-electron chi connectivity index (χ1n) is 14.5. The molecule has 0 aliphatic carbocycles. The quantitative estimate of drug-likeness (QED) is 0.267. The maximum absolute atomic E-state index is 13.5. The molecule has 1 aliphatic rings. The lowest BCUT2D eigenvalue weighted by molar-refractivity contribution is -0.145. The first-order valence-corrected chi connectivity index (χ1v) is 14.5. The number of aromatic hydroxyl groups is 1. The standard InChI is InChI=1S/C33H42N4O4/c1-33(2,3)32(41)37-19-6-10-29(37)31(40)36-28(21-24-11-14-25-8-4-5-9-26(25)20-24)30(39)35-18-7-17-34-22-23-12-15-27(38)16-13-23/h4-5,8-9,11-16,20,28-29,34,38H,6-7,10,17-19,21-22H2,1-3H3,(H,35,39)(H,36,40)/t28-,29+/m1/s1. The smallest absolute Gasteiger partial charge is 0.243 e. The molecule has 0 spiro atoms. The number of amides is 3. The van der Waals surface area contributed by atoms with Gasteiger partial charge in [0.2, 0.25) is 17.7 Å². The molecule has 0 bridgehead atoms. The summed E-state index contributed by atoms with van der Waals surface area (Å²) < 4.78 is 0. The van der Waals surface area contributed by atoms with E-state index in [4.69, 9.17) is 0 Å². The predicted octanol–water partition coefficient (Wildman–Crippen LogP) is 3.91. The van der Waals surface area contributed by atoms with E-state index in [1.807, 2.05) is 69.3 Å². The van der Waals surface area contributed by atoms with Crippen LogP contribution in [0.4, 0.5) is 0 Å². The van der Waals surface area contributed by atoms with Crippen molar-refractivity contribution in [2.45, 2.75) is 65.1 Å². The Hall–Kier alpha value is -3.91. The number of hydrogen-bond donors (Lipinski definition) is 4. The van der Waals surface area contributed by atoms with Crippen LogP contribution in [-0.2, 0) is 27.3 Å². The Kier molecular flexibility index (Phi) is 10.00. The molecular formula is C33H42N4O4. The van der Waals surface area contributed by atoms with Gasteiger partial charge in [0.05, 0.1) is 0 Å². The van der Waals surface area contributed by atoms with E-state index in [9.17, 15) is 19.5 Å². The normalized spacial score (nSPS) is 16.0. The van der Waals surface area contributed by atoms with Gasteiger partial charge >= 0.3 is 0 Å². The number of rotatable bonds is 11. The number of phenolic OH excluding ortho intramolecular Hbond substituents is 1. The molecule has 1 fully saturated rings. The summed E-state index contributed by atoms with van der Waals surface area (Å²) >= 11 is 0. The molecule has 1 aliphatic heterocycles. The summed E-state index contributed by atoms with van der Waals surface area (Å²) in [7, 11) is 0. The molecule has 4 N–H and O–H groups in total. The van der Waals surface area contributed by atoms with Crippen molar-refractivity contribution in [1.82, 2.24) is 20.9 Å². The highest BCUT2D eigenvalue weighted by molar-refractivity contribution is 5.93. The van der Waals surface area contributed by atoms with Gasteiger partial charge in [0.15, 0.2) is 0 Å². The molecule has 0 aromatic heterocycles. The van der Waals surface area contributed by atoms with Crippen LogP contribution in [0, 0.1) is 5.41 Å². The van der Waals surface area contributed by atoms with Gasteiger partial charge in [-0.25, -0.2) is 0 Å². The summed E-state index contributed by atoms with van der Waals surface area (Å²) in [5.41, 5.74) is 1.44. The van der Waals surface area contributed by atoms with Crippen molar-refractivity contribution in [1.29, 1.82) is 0 Å². The lowest BCUT2D eigenvalue weighted by Crippen LogP contribution is -2.55. The monoisotopic (exact) mass is 558 g/mol. The zero-order valence-electron chi connectivity index (χ0n) is 24.3. The second-order valence-corrected chi connectivity index (χ2v) is 11.8. The van der Waals surface area contributed by atoms with E-state index in [2.05, 4.69) is 22.0 Å². The average molecular weight is 559 g/mol. The number of hydrogen-bond acceptors (Lipinski definition) is 5. The molecule has 8 nitrogen and oxygen atoms in total. The van der Waals surface area contributed by atoms with Gasteiger partial charge in [-0.1, -0.05) is 75.4 Å². The lowest BCUT2D eigenvalue weighted by Gasteiger charge is -2.31. The molecule has 2 atom stereocenters. The number of likely N-dealkylation sites (tertiary alicyclic amines) is 1. The molecule has 3 aromatic carbocycles. The summed E-state index contributed by atoms with van der Waals surface area (Å²) in [6, 6.07) is 19.8. The number of benzene rings is 3. The van der Waals surface area contributed by atoms with Gasteiger partial charge in [0, 0.05) is 31.5 Å². The Morgan fingerprint density at radius 2 is 1.66 bits per heavy atom. The maximum Gasteiger partial charge on any atom is 0.243 e. The first kappa shape index (κ1) is 30.1. The molecule has 1 heterocycles. The molecule has 3 aromatic rings. The fourth-order valence-corrected chi connectivity index (χ4v) is 5.19. The van der Waals surface area contributed by atoms with Crippen LogP contribution in [0.1, 0.15) is 51.2 Å². The topological polar surface area (TPSA) is 111 Å². The van der Waals surface area contributed by atoms with Gasteiger partial charge in [-0.2, -0.15) is 0 Å². The third-order valence-corrected chi connectivity index (χ3v) is 7.44. The molecule has 0 unspecified atom stereocenters. The van der Waals surface area contributed by atoms with Crippen LogP contribution >= 0.6 is 0 Å². The summed E-state index contributed by atoms with van der Waals surface area (Å²) in [5.74, 6) is -0.331. The fourth-order valence-electron chi connectivity index (χ4n) is 5.19. The van der Waals surface area contributed by atoms with E-state index in [1.165, 1.54) is 0 Å². The highest BCUT2D eigenvalue weighted by Crippen LogP contribution is 2.26. The van der Waals surface area contributed by atoms with Crippen LogP contribution in [0.25, 0.3) is 10.8 Å². The Labute approximate surface area is 242 Å². The summed E-state index contributed by atoms with van der Waals surface area (Å²) in [4.78, 5) is 41.5. The molecule has 8 heteroatoms. The zero-order chi connectivity index (χ0) is 29.4. The highest BCUT2D eigenvalue weighted by atomic mass is 16.3. The zero-order valence-corrected chi connectivity index (χ0v) is 24.3. The van der Waals surface area contributed by atoms with Gasteiger partial charge in [-0.3, -0.25) is 14.4 Å². The third kappa shape index (κ3) is 8.30. The van der Waals surface area contributed by atoms with Crippen LogP contribution in [0.15, 0.2) is 66.7 Å². The summed E-state index contributed by atoms with van der Waals surface area (Å²) in [6.45, 7) is 7.96. The minimum atomic E-state index is -0.763. The van der Waals surface area contributed by atoms with Crippen molar-refractivity contribution in [2.24, 2.45) is 5.41 Å². The predicted molar refractivity (Wildman–Crippen MR) is 161 cm³/mol. The average Bonchev–Trinajstić information content (AvgIpc) is 3.44. The van der Waals surface area contributed by atoms with Gasteiger partial charge < -0.3 is 26.0 Å². The van der Waals surface area contributed by atoms with Crippen molar-refractivity contribution in [3.63, 3.8) is 0 Å². The lowest BCUT2D eigenvalue weighted by atomic mass is 9.94. The number of carbonyl (C=O) groups excluding carboxylic acids is 3. The van der Waals surface area contributed by atoms with E-state index >= 15 is 0 Å². The minimum Gasteiger partial charge on any atom is -0.508 e. The Balaban J connectivity index is 1.38. The Morgan fingerprint density at radius 1 is 0.951 bits per heavy atom. The fraction of sp³-hybridized carbons (Fsp3) is 0.424. The van der Waals surface area contributed by atoms with Crippen molar-refractivity contribution in [3.05, 3.63) is 77.9 Å². The second-order valence-electron chi connectivity index (χ2n) is 11.8. The number of nitrogens with zero attached hydrogens (tertiary/aromatic N) is 1. The van der Waals surface area contributed by atoms with E-state index in [0.29, 0.717) is 39.0 Å². The van der Waals surface area contributed by atoms with E-state index in [0.717, 1.165) is 34.7 Å². The number of fused-ring (bicyclic) bond motifs is 1. The molecule has 0 radical (unpaired) electrons. The van der Waals surface area contributed by atoms with Crippen LogP contribution in [-0.4, -0.2) is 59.4 Å². The highest BCUT2D eigenvalue weighted by Gasteiger charge is 2.39. The molecule has 218 valence electrons. The van der Waals surface area contributed by atoms with E-state index in [1.54, 1.807) is 17.0 Å². The number of phenols is 1. The van der Waals surface area contributed by atoms with Crippen molar-refractivity contribution in [3.8, 4) is 5.75 Å². The summed E-state index contributed by atoms with van der Waals surface area (Å²) in [5, 5.41) is 20.9. The Bertz CT molecular complexity index is 1350. The first-order chi connectivity index (χ1) is 19.6. The molecule has 4 rings (SSSR count). The maximum atomic E-state index is 13.5. The van der Waals surface area contributed by atoms with E-state index < -0.39 is 17.5 Å². The Morgan fingerprint density at radius 3 is 2.39 bits per heavy atom.